The molecule has 0 radical (unpaired) electrons. The van der Waals surface area contributed by atoms with Crippen molar-refractivity contribution >= 4 is 27.7 Å². The van der Waals surface area contributed by atoms with E-state index < -0.39 is 11.6 Å². The van der Waals surface area contributed by atoms with E-state index >= 15 is 0 Å². The lowest BCUT2D eigenvalue weighted by molar-refractivity contribution is -0.147. The maximum absolute atomic E-state index is 12.0. The summed E-state index contributed by atoms with van der Waals surface area (Å²) < 4.78 is 20.4. The topological polar surface area (TPSA) is 75.0 Å². The summed E-state index contributed by atoms with van der Waals surface area (Å²) in [6.07, 6.45) is 0. The summed E-state index contributed by atoms with van der Waals surface area (Å²) in [6.45, 7) is 0.282. The van der Waals surface area contributed by atoms with Crippen molar-refractivity contribution in [3.63, 3.8) is 0 Å². The van der Waals surface area contributed by atoms with Gasteiger partial charge in [-0.2, -0.15) is 0 Å². The van der Waals surface area contributed by atoms with Crippen LogP contribution in [-0.4, -0.2) is 32.9 Å². The van der Waals surface area contributed by atoms with Gasteiger partial charge in [-0.1, -0.05) is 18.2 Å². The number of hydrogen-bond donors (Lipinski definition) is 0. The van der Waals surface area contributed by atoms with Crippen molar-refractivity contribution in [1.82, 2.24) is 0 Å². The first kappa shape index (κ1) is 16.0. The van der Waals surface area contributed by atoms with Gasteiger partial charge in [0.05, 0.1) is 12.0 Å². The third-order valence-electron chi connectivity index (χ3n) is 3.50. The predicted molar refractivity (Wildman–Crippen MR) is 88.3 cm³/mol. The van der Waals surface area contributed by atoms with Gasteiger partial charge in [-0.15, -0.1) is 0 Å². The highest BCUT2D eigenvalue weighted by Crippen LogP contribution is 2.26. The molecule has 0 aliphatic heterocycles. The van der Waals surface area contributed by atoms with Crippen molar-refractivity contribution in [2.45, 2.75) is 0 Å². The minimum atomic E-state index is -0.493. The normalized spacial score (nSPS) is 10.9. The molecule has 0 N–H and O–H groups in total. The van der Waals surface area contributed by atoms with E-state index in [9.17, 15) is 9.59 Å². The van der Waals surface area contributed by atoms with Crippen LogP contribution >= 0.6 is 0 Å². The van der Waals surface area contributed by atoms with Crippen LogP contribution < -0.4 is 10.4 Å². The van der Waals surface area contributed by atoms with Gasteiger partial charge in [0, 0.05) is 18.6 Å². The summed E-state index contributed by atoms with van der Waals surface area (Å²) in [6, 6.07) is 12.3. The Balaban J connectivity index is 1.80. The summed E-state index contributed by atoms with van der Waals surface area (Å²) in [7, 11) is 1.52. The fourth-order valence-electron chi connectivity index (χ4n) is 2.37. The lowest BCUT2D eigenvalue weighted by atomic mass is 10.1. The molecule has 1 heterocycles. The van der Waals surface area contributed by atoms with Crippen LogP contribution in [0.25, 0.3) is 21.7 Å². The molecule has 0 fully saturated rings. The molecule has 0 aliphatic rings. The fraction of sp³-hybridized carbons (Fsp3) is 0.222. The van der Waals surface area contributed by atoms with Gasteiger partial charge >= 0.3 is 11.6 Å². The van der Waals surface area contributed by atoms with E-state index in [0.29, 0.717) is 23.3 Å². The smallest absolute Gasteiger partial charge is 0.344 e. The van der Waals surface area contributed by atoms with E-state index in [1.54, 1.807) is 30.3 Å². The Kier molecular flexibility index (Phi) is 4.77. The second-order valence-corrected chi connectivity index (χ2v) is 5.10. The number of esters is 1. The highest BCUT2D eigenvalue weighted by atomic mass is 16.6. The van der Waals surface area contributed by atoms with E-state index in [4.69, 9.17) is 18.6 Å². The molecule has 3 rings (SSSR count). The van der Waals surface area contributed by atoms with Crippen molar-refractivity contribution in [3.05, 3.63) is 52.9 Å². The van der Waals surface area contributed by atoms with Gasteiger partial charge in [0.15, 0.2) is 6.61 Å². The largest absolute Gasteiger partial charge is 0.482 e. The maximum atomic E-state index is 12.0. The van der Waals surface area contributed by atoms with E-state index in [0.717, 1.165) is 10.8 Å². The zero-order valence-electron chi connectivity index (χ0n) is 13.1. The van der Waals surface area contributed by atoms with Crippen molar-refractivity contribution < 1.29 is 23.4 Å². The van der Waals surface area contributed by atoms with E-state index in [2.05, 4.69) is 0 Å². The Morgan fingerprint density at radius 2 is 1.83 bits per heavy atom. The van der Waals surface area contributed by atoms with Gasteiger partial charge in [0.2, 0.25) is 0 Å². The minimum Gasteiger partial charge on any atom is -0.482 e. The molecule has 3 aromatic rings. The molecule has 0 saturated heterocycles. The van der Waals surface area contributed by atoms with Crippen LogP contribution in [0.15, 0.2) is 51.7 Å². The van der Waals surface area contributed by atoms with Gasteiger partial charge in [-0.25, -0.2) is 9.59 Å². The molecule has 0 bridgehead atoms. The molecule has 0 amide bonds. The molecular formula is C18H16O6. The molecule has 0 saturated carbocycles. The van der Waals surface area contributed by atoms with Crippen molar-refractivity contribution in [3.8, 4) is 5.75 Å². The molecule has 0 aliphatic carbocycles. The third kappa shape index (κ3) is 3.38. The second-order valence-electron chi connectivity index (χ2n) is 5.10. The number of carbonyl (C=O) groups is 1. The Morgan fingerprint density at radius 1 is 1.04 bits per heavy atom. The van der Waals surface area contributed by atoms with Crippen LogP contribution in [0, 0.1) is 0 Å². The Labute approximate surface area is 137 Å². The number of methoxy groups -OCH3 is 1. The summed E-state index contributed by atoms with van der Waals surface area (Å²) >= 11 is 0. The highest BCUT2D eigenvalue weighted by Gasteiger charge is 2.09. The minimum absolute atomic E-state index is 0.178. The third-order valence-corrected chi connectivity index (χ3v) is 3.50. The Hall–Kier alpha value is -2.86. The molecule has 1 aromatic heterocycles. The number of fused-ring (bicyclic) bond motifs is 3. The molecular weight excluding hydrogens is 312 g/mol. The standard InChI is InChI=1S/C18H16O6/c1-21-8-9-22-17(19)11-23-12-6-7-14-13-4-2-3-5-15(13)18(20)24-16(14)10-12/h2-7,10H,8-9,11H2,1H3. The zero-order chi connectivity index (χ0) is 16.9. The van der Waals surface area contributed by atoms with E-state index in [1.165, 1.54) is 7.11 Å². The number of carbonyl (C=O) groups excluding carboxylic acids is 1. The number of rotatable bonds is 6. The fourth-order valence-corrected chi connectivity index (χ4v) is 2.37. The summed E-state index contributed by atoms with van der Waals surface area (Å²) in [4.78, 5) is 23.5. The van der Waals surface area contributed by atoms with Crippen LogP contribution in [0.2, 0.25) is 0 Å². The lowest BCUT2D eigenvalue weighted by Gasteiger charge is -2.08. The van der Waals surface area contributed by atoms with Crippen molar-refractivity contribution in [1.29, 1.82) is 0 Å². The maximum Gasteiger partial charge on any atom is 0.344 e. The SMILES string of the molecule is COCCOC(=O)COc1ccc2c(c1)oc(=O)c1ccccc12. The first-order chi connectivity index (χ1) is 11.7. The van der Waals surface area contributed by atoms with Gasteiger partial charge in [0.25, 0.3) is 0 Å². The number of ether oxygens (including phenoxy) is 3. The monoisotopic (exact) mass is 328 g/mol. The quantitative estimate of drug-likeness (QED) is 0.299. The Morgan fingerprint density at radius 3 is 2.62 bits per heavy atom. The van der Waals surface area contributed by atoms with Crippen molar-refractivity contribution in [2.75, 3.05) is 26.9 Å². The van der Waals surface area contributed by atoms with Gasteiger partial charge in [0.1, 0.15) is 17.9 Å². The molecule has 6 heteroatoms. The molecule has 2 aromatic carbocycles. The first-order valence-corrected chi connectivity index (χ1v) is 7.42. The van der Waals surface area contributed by atoms with E-state index in [-0.39, 0.29) is 13.2 Å². The summed E-state index contributed by atoms with van der Waals surface area (Å²) in [5.41, 5.74) is -0.00169. The van der Waals surface area contributed by atoms with Crippen molar-refractivity contribution in [2.24, 2.45) is 0 Å². The average Bonchev–Trinajstić information content (AvgIpc) is 2.60. The number of hydrogen-bond acceptors (Lipinski definition) is 6. The van der Waals surface area contributed by atoms with Crippen LogP contribution in [0.3, 0.4) is 0 Å². The predicted octanol–water partition coefficient (Wildman–Crippen LogP) is 2.51. The first-order valence-electron chi connectivity index (χ1n) is 7.42. The highest BCUT2D eigenvalue weighted by molar-refractivity contribution is 6.04. The molecule has 0 atom stereocenters. The van der Waals surface area contributed by atoms with Gasteiger partial charge < -0.3 is 18.6 Å². The molecule has 6 nitrogen and oxygen atoms in total. The van der Waals surface area contributed by atoms with Crippen LogP contribution in [0.5, 0.6) is 5.75 Å². The van der Waals surface area contributed by atoms with E-state index in [1.807, 2.05) is 12.1 Å². The van der Waals surface area contributed by atoms with Crippen LogP contribution in [-0.2, 0) is 14.3 Å². The Bertz CT molecular complexity index is 928. The molecule has 0 spiro atoms. The van der Waals surface area contributed by atoms with Crippen LogP contribution in [0.1, 0.15) is 0 Å². The molecule has 24 heavy (non-hydrogen) atoms. The van der Waals surface area contributed by atoms with Gasteiger partial charge in [-0.05, 0) is 23.6 Å². The zero-order valence-corrected chi connectivity index (χ0v) is 13.1. The molecule has 124 valence electrons. The summed E-state index contributed by atoms with van der Waals surface area (Å²) in [5, 5.41) is 2.15. The van der Waals surface area contributed by atoms with Gasteiger partial charge in [-0.3, -0.25) is 0 Å². The average molecular weight is 328 g/mol. The summed E-state index contributed by atoms with van der Waals surface area (Å²) in [5.74, 6) is -0.0725. The van der Waals surface area contributed by atoms with Crippen LogP contribution in [0.4, 0.5) is 0 Å². The lowest BCUT2D eigenvalue weighted by Crippen LogP contribution is -2.17. The second kappa shape index (κ2) is 7.14. The molecule has 0 unspecified atom stereocenters. The number of benzene rings is 2.